The minimum atomic E-state index is -0.353. The molecule has 0 saturated heterocycles. The summed E-state index contributed by atoms with van der Waals surface area (Å²) in [5.41, 5.74) is 3.18. The van der Waals surface area contributed by atoms with Gasteiger partial charge < -0.3 is 4.74 Å². The van der Waals surface area contributed by atoms with Crippen molar-refractivity contribution in [3.8, 4) is 0 Å². The number of hydrogen-bond donors (Lipinski definition) is 0. The van der Waals surface area contributed by atoms with Crippen LogP contribution in [0, 0.1) is 0 Å². The highest BCUT2D eigenvalue weighted by Crippen LogP contribution is 2.24. The molecule has 0 radical (unpaired) electrons. The number of ether oxygens (including phenoxy) is 1. The lowest BCUT2D eigenvalue weighted by molar-refractivity contribution is -0.144. The molecule has 2 aromatic rings. The Hall–Kier alpha value is -2.35. The molecule has 0 bridgehead atoms. The Morgan fingerprint density at radius 3 is 2.05 bits per heavy atom. The van der Waals surface area contributed by atoms with Crippen LogP contribution >= 0.6 is 0 Å². The van der Waals surface area contributed by atoms with Crippen LogP contribution in [-0.2, 0) is 9.53 Å². The van der Waals surface area contributed by atoms with Gasteiger partial charge >= 0.3 is 5.97 Å². The molecule has 2 nitrogen and oxygen atoms in total. The summed E-state index contributed by atoms with van der Waals surface area (Å²) in [6.07, 6.45) is 1.63. The molecule has 0 aliphatic rings. The van der Waals surface area contributed by atoms with Crippen LogP contribution in [0.2, 0.25) is 0 Å². The molecule has 0 N–H and O–H groups in total. The lowest BCUT2D eigenvalue weighted by Crippen LogP contribution is -2.06. The summed E-state index contributed by atoms with van der Waals surface area (Å²) >= 11 is 0. The summed E-state index contributed by atoms with van der Waals surface area (Å²) in [7, 11) is 0. The SMILES string of the molecule is CC(=O)OC(/C=C(\C)c1ccccc1)c1ccccc1. The summed E-state index contributed by atoms with van der Waals surface area (Å²) in [5.74, 6) is -0.282. The van der Waals surface area contributed by atoms with Crippen LogP contribution in [0.4, 0.5) is 0 Å². The summed E-state index contributed by atoms with van der Waals surface area (Å²) in [4.78, 5) is 11.3. The average molecular weight is 266 g/mol. The van der Waals surface area contributed by atoms with Gasteiger partial charge in [0.05, 0.1) is 0 Å². The van der Waals surface area contributed by atoms with Crippen molar-refractivity contribution in [3.05, 3.63) is 77.9 Å². The van der Waals surface area contributed by atoms with E-state index in [-0.39, 0.29) is 12.1 Å². The largest absolute Gasteiger partial charge is 0.453 e. The number of carbonyl (C=O) groups excluding carboxylic acids is 1. The number of rotatable bonds is 4. The van der Waals surface area contributed by atoms with E-state index in [1.165, 1.54) is 6.92 Å². The van der Waals surface area contributed by atoms with Gasteiger partial charge in [-0.25, -0.2) is 0 Å². The first-order valence-corrected chi connectivity index (χ1v) is 6.63. The molecule has 2 heteroatoms. The van der Waals surface area contributed by atoms with Crippen LogP contribution < -0.4 is 0 Å². The summed E-state index contributed by atoms with van der Waals surface area (Å²) in [6.45, 7) is 3.45. The molecule has 102 valence electrons. The third kappa shape index (κ3) is 3.82. The van der Waals surface area contributed by atoms with E-state index in [2.05, 4.69) is 0 Å². The highest BCUT2D eigenvalue weighted by atomic mass is 16.5. The number of allylic oxidation sites excluding steroid dienone is 1. The fourth-order valence-corrected chi connectivity index (χ4v) is 2.04. The van der Waals surface area contributed by atoms with E-state index >= 15 is 0 Å². The summed E-state index contributed by atoms with van der Waals surface area (Å²) in [5, 5.41) is 0. The molecule has 0 saturated carbocycles. The van der Waals surface area contributed by atoms with Crippen molar-refractivity contribution in [1.82, 2.24) is 0 Å². The lowest BCUT2D eigenvalue weighted by Gasteiger charge is -2.15. The van der Waals surface area contributed by atoms with Gasteiger partial charge in [0.15, 0.2) is 0 Å². The van der Waals surface area contributed by atoms with E-state index in [1.807, 2.05) is 73.7 Å². The molecule has 0 aliphatic carbocycles. The topological polar surface area (TPSA) is 26.3 Å². The molecular formula is C18H18O2. The van der Waals surface area contributed by atoms with Crippen LogP contribution in [0.25, 0.3) is 5.57 Å². The minimum absolute atomic E-state index is 0.282. The van der Waals surface area contributed by atoms with Gasteiger partial charge in [0.2, 0.25) is 0 Å². The monoisotopic (exact) mass is 266 g/mol. The zero-order valence-corrected chi connectivity index (χ0v) is 11.7. The van der Waals surface area contributed by atoms with Crippen molar-refractivity contribution in [2.45, 2.75) is 20.0 Å². The van der Waals surface area contributed by atoms with E-state index in [4.69, 9.17) is 4.74 Å². The molecule has 1 unspecified atom stereocenters. The van der Waals surface area contributed by atoms with Gasteiger partial charge in [0.25, 0.3) is 0 Å². The molecule has 0 fully saturated rings. The Bertz CT molecular complexity index is 585. The first-order valence-electron chi connectivity index (χ1n) is 6.63. The third-order valence-electron chi connectivity index (χ3n) is 3.05. The van der Waals surface area contributed by atoms with E-state index in [9.17, 15) is 4.79 Å². The Balaban J connectivity index is 2.30. The molecular weight excluding hydrogens is 248 g/mol. The van der Waals surface area contributed by atoms with Gasteiger partial charge in [-0.3, -0.25) is 4.79 Å². The average Bonchev–Trinajstić information content (AvgIpc) is 2.48. The van der Waals surface area contributed by atoms with Gasteiger partial charge in [0, 0.05) is 6.92 Å². The first kappa shape index (κ1) is 14.1. The predicted octanol–water partition coefficient (Wildman–Crippen LogP) is 4.39. The van der Waals surface area contributed by atoms with E-state index < -0.39 is 0 Å². The smallest absolute Gasteiger partial charge is 0.303 e. The molecule has 0 aliphatic heterocycles. The van der Waals surface area contributed by atoms with Crippen molar-refractivity contribution in [3.63, 3.8) is 0 Å². The number of esters is 1. The fourth-order valence-electron chi connectivity index (χ4n) is 2.04. The molecule has 0 spiro atoms. The van der Waals surface area contributed by atoms with Crippen molar-refractivity contribution < 1.29 is 9.53 Å². The Morgan fingerprint density at radius 1 is 0.950 bits per heavy atom. The molecule has 2 aromatic carbocycles. The fraction of sp³-hybridized carbons (Fsp3) is 0.167. The maximum absolute atomic E-state index is 11.3. The Morgan fingerprint density at radius 2 is 1.50 bits per heavy atom. The predicted molar refractivity (Wildman–Crippen MR) is 81.0 cm³/mol. The van der Waals surface area contributed by atoms with Gasteiger partial charge in [0.1, 0.15) is 6.10 Å². The standard InChI is InChI=1S/C18H18O2/c1-14(16-9-5-3-6-10-16)13-18(20-15(2)19)17-11-7-4-8-12-17/h3-13,18H,1-2H3/b14-13+. The maximum Gasteiger partial charge on any atom is 0.303 e. The van der Waals surface area contributed by atoms with E-state index in [0.29, 0.717) is 0 Å². The normalized spacial score (nSPS) is 12.8. The Labute approximate surface area is 119 Å². The zero-order valence-electron chi connectivity index (χ0n) is 11.7. The minimum Gasteiger partial charge on any atom is -0.453 e. The highest BCUT2D eigenvalue weighted by Gasteiger charge is 2.12. The maximum atomic E-state index is 11.3. The van der Waals surface area contributed by atoms with Crippen LogP contribution in [0.1, 0.15) is 31.1 Å². The van der Waals surface area contributed by atoms with Crippen molar-refractivity contribution in [1.29, 1.82) is 0 Å². The van der Waals surface area contributed by atoms with Crippen molar-refractivity contribution in [2.24, 2.45) is 0 Å². The van der Waals surface area contributed by atoms with Gasteiger partial charge in [-0.2, -0.15) is 0 Å². The number of hydrogen-bond acceptors (Lipinski definition) is 2. The second kappa shape index (κ2) is 6.71. The second-order valence-corrected chi connectivity index (χ2v) is 4.66. The van der Waals surface area contributed by atoms with Crippen LogP contribution in [0.15, 0.2) is 66.7 Å². The van der Waals surface area contributed by atoms with Crippen LogP contribution in [-0.4, -0.2) is 5.97 Å². The van der Waals surface area contributed by atoms with Crippen molar-refractivity contribution >= 4 is 11.5 Å². The molecule has 20 heavy (non-hydrogen) atoms. The zero-order chi connectivity index (χ0) is 14.4. The molecule has 2 rings (SSSR count). The van der Waals surface area contributed by atoms with E-state index in [1.54, 1.807) is 0 Å². The van der Waals surface area contributed by atoms with Crippen LogP contribution in [0.3, 0.4) is 0 Å². The van der Waals surface area contributed by atoms with Gasteiger partial charge in [-0.1, -0.05) is 60.7 Å². The van der Waals surface area contributed by atoms with E-state index in [0.717, 1.165) is 16.7 Å². The molecule has 0 aromatic heterocycles. The second-order valence-electron chi connectivity index (χ2n) is 4.66. The highest BCUT2D eigenvalue weighted by molar-refractivity contribution is 5.68. The number of benzene rings is 2. The summed E-state index contributed by atoms with van der Waals surface area (Å²) in [6, 6.07) is 19.8. The Kier molecular flexibility index (Phi) is 4.72. The summed E-state index contributed by atoms with van der Waals surface area (Å²) < 4.78 is 5.41. The molecule has 0 heterocycles. The lowest BCUT2D eigenvalue weighted by atomic mass is 10.0. The third-order valence-corrected chi connectivity index (χ3v) is 3.05. The quantitative estimate of drug-likeness (QED) is 0.767. The number of carbonyl (C=O) groups is 1. The van der Waals surface area contributed by atoms with Gasteiger partial charge in [-0.15, -0.1) is 0 Å². The first-order chi connectivity index (χ1) is 9.66. The van der Waals surface area contributed by atoms with Crippen molar-refractivity contribution in [2.75, 3.05) is 0 Å². The van der Waals surface area contributed by atoms with Gasteiger partial charge in [-0.05, 0) is 29.7 Å². The molecule has 1 atom stereocenters. The van der Waals surface area contributed by atoms with Crippen LogP contribution in [0.5, 0.6) is 0 Å². The molecule has 0 amide bonds.